The van der Waals surface area contributed by atoms with Gasteiger partial charge in [-0.3, -0.25) is 9.59 Å². The molecule has 1 aliphatic rings. The summed E-state index contributed by atoms with van der Waals surface area (Å²) in [7, 11) is 0. The summed E-state index contributed by atoms with van der Waals surface area (Å²) >= 11 is 0. The normalized spacial score (nSPS) is 13.2. The van der Waals surface area contributed by atoms with Gasteiger partial charge in [-0.25, -0.2) is 0 Å². The minimum Gasteiger partial charge on any atom is -0.326 e. The van der Waals surface area contributed by atoms with E-state index in [4.69, 9.17) is 0 Å². The van der Waals surface area contributed by atoms with Crippen molar-refractivity contribution in [1.82, 2.24) is 0 Å². The summed E-state index contributed by atoms with van der Waals surface area (Å²) in [5.74, 6) is 0.0179. The maximum Gasteiger partial charge on any atom is 0.258 e. The number of carbonyl (C=O) groups excluding carboxylic acids is 2. The molecule has 0 bridgehead atoms. The summed E-state index contributed by atoms with van der Waals surface area (Å²) < 4.78 is 0. The van der Waals surface area contributed by atoms with Gasteiger partial charge in [-0.15, -0.1) is 0 Å². The van der Waals surface area contributed by atoms with E-state index in [2.05, 4.69) is 5.32 Å². The maximum atomic E-state index is 12.9. The predicted molar refractivity (Wildman–Crippen MR) is 91.9 cm³/mol. The number of benzene rings is 2. The Kier molecular flexibility index (Phi) is 4.15. The third-order valence-electron chi connectivity index (χ3n) is 4.12. The van der Waals surface area contributed by atoms with E-state index in [-0.39, 0.29) is 11.8 Å². The minimum atomic E-state index is -0.0159. The molecule has 23 heavy (non-hydrogen) atoms. The van der Waals surface area contributed by atoms with Gasteiger partial charge in [-0.2, -0.15) is 0 Å². The summed E-state index contributed by atoms with van der Waals surface area (Å²) in [6, 6.07) is 13.4. The van der Waals surface area contributed by atoms with Crippen molar-refractivity contribution in [2.45, 2.75) is 26.7 Å². The molecule has 0 spiro atoms. The van der Waals surface area contributed by atoms with Crippen molar-refractivity contribution < 1.29 is 9.59 Å². The first-order chi connectivity index (χ1) is 11.1. The smallest absolute Gasteiger partial charge is 0.258 e. The van der Waals surface area contributed by atoms with Gasteiger partial charge < -0.3 is 10.2 Å². The Labute approximate surface area is 136 Å². The summed E-state index contributed by atoms with van der Waals surface area (Å²) in [4.78, 5) is 26.1. The van der Waals surface area contributed by atoms with E-state index >= 15 is 0 Å². The Morgan fingerprint density at radius 3 is 2.74 bits per heavy atom. The fourth-order valence-electron chi connectivity index (χ4n) is 2.91. The van der Waals surface area contributed by atoms with Gasteiger partial charge in [-0.05, 0) is 61.7 Å². The van der Waals surface area contributed by atoms with E-state index in [0.29, 0.717) is 24.9 Å². The van der Waals surface area contributed by atoms with Crippen LogP contribution in [0.25, 0.3) is 0 Å². The van der Waals surface area contributed by atoms with Gasteiger partial charge in [0.1, 0.15) is 0 Å². The second-order valence-corrected chi connectivity index (χ2v) is 5.81. The number of amides is 2. The largest absolute Gasteiger partial charge is 0.326 e. The quantitative estimate of drug-likeness (QED) is 0.942. The molecule has 0 unspecified atom stereocenters. The van der Waals surface area contributed by atoms with Gasteiger partial charge in [0.05, 0.1) is 0 Å². The van der Waals surface area contributed by atoms with Crippen LogP contribution in [0.4, 0.5) is 11.4 Å². The van der Waals surface area contributed by atoms with Crippen molar-refractivity contribution in [2.24, 2.45) is 0 Å². The van der Waals surface area contributed by atoms with Crippen LogP contribution in [0.5, 0.6) is 0 Å². The van der Waals surface area contributed by atoms with Crippen LogP contribution < -0.4 is 10.2 Å². The number of fused-ring (bicyclic) bond motifs is 1. The lowest BCUT2D eigenvalue weighted by Gasteiger charge is -2.23. The van der Waals surface area contributed by atoms with E-state index in [0.717, 1.165) is 22.5 Å². The zero-order valence-electron chi connectivity index (χ0n) is 13.4. The lowest BCUT2D eigenvalue weighted by Crippen LogP contribution is -2.31. The van der Waals surface area contributed by atoms with Crippen molar-refractivity contribution in [3.63, 3.8) is 0 Å². The van der Waals surface area contributed by atoms with E-state index < -0.39 is 0 Å². The average Bonchev–Trinajstić information content (AvgIpc) is 2.55. The van der Waals surface area contributed by atoms with Gasteiger partial charge >= 0.3 is 0 Å². The Bertz CT molecular complexity index is 768. The molecule has 0 aromatic heterocycles. The first-order valence-corrected chi connectivity index (χ1v) is 7.90. The molecular formula is C19H20N2O2. The number of nitrogens with one attached hydrogen (secondary N) is 1. The number of carbonyl (C=O) groups is 2. The molecule has 0 aliphatic carbocycles. The zero-order valence-corrected chi connectivity index (χ0v) is 13.4. The van der Waals surface area contributed by atoms with Gasteiger partial charge in [0.25, 0.3) is 5.91 Å². The monoisotopic (exact) mass is 308 g/mol. The highest BCUT2D eigenvalue weighted by Gasteiger charge is 2.20. The molecule has 4 heteroatoms. The van der Waals surface area contributed by atoms with Crippen LogP contribution in [0.3, 0.4) is 0 Å². The topological polar surface area (TPSA) is 49.4 Å². The number of aryl methyl sites for hydroxylation is 2. The van der Waals surface area contributed by atoms with Crippen molar-refractivity contribution in [1.29, 1.82) is 0 Å². The first-order valence-electron chi connectivity index (χ1n) is 7.90. The minimum absolute atomic E-state index is 0.0159. The molecule has 1 heterocycles. The summed E-state index contributed by atoms with van der Waals surface area (Å²) in [6.45, 7) is 4.60. The molecule has 0 atom stereocenters. The third kappa shape index (κ3) is 3.11. The molecule has 118 valence electrons. The summed E-state index contributed by atoms with van der Waals surface area (Å²) in [5, 5.41) is 2.84. The summed E-state index contributed by atoms with van der Waals surface area (Å²) in [5.41, 5.74) is 4.53. The van der Waals surface area contributed by atoms with Crippen LogP contribution >= 0.6 is 0 Å². The van der Waals surface area contributed by atoms with E-state index in [1.807, 2.05) is 50.2 Å². The van der Waals surface area contributed by atoms with Crippen molar-refractivity contribution >= 4 is 23.2 Å². The van der Waals surface area contributed by atoms with Crippen LogP contribution in [-0.4, -0.2) is 18.4 Å². The Morgan fingerprint density at radius 1 is 1.17 bits per heavy atom. The SMILES string of the molecule is CCN(C(=O)c1ccc2c(c1)CCC(=O)N2)c1cccc(C)c1. The lowest BCUT2D eigenvalue weighted by molar-refractivity contribution is -0.116. The molecule has 0 saturated heterocycles. The fraction of sp³-hybridized carbons (Fsp3) is 0.263. The molecule has 0 radical (unpaired) electrons. The molecule has 0 fully saturated rings. The zero-order chi connectivity index (χ0) is 16.4. The average molecular weight is 308 g/mol. The Morgan fingerprint density at radius 2 is 2.00 bits per heavy atom. The van der Waals surface area contributed by atoms with Crippen LogP contribution in [0.15, 0.2) is 42.5 Å². The first kappa shape index (κ1) is 15.3. The van der Waals surface area contributed by atoms with E-state index in [1.165, 1.54) is 0 Å². The molecule has 2 aromatic rings. The fourth-order valence-corrected chi connectivity index (χ4v) is 2.91. The van der Waals surface area contributed by atoms with Crippen molar-refractivity contribution in [2.75, 3.05) is 16.8 Å². The van der Waals surface area contributed by atoms with E-state index in [1.54, 1.807) is 11.0 Å². The highest BCUT2D eigenvalue weighted by molar-refractivity contribution is 6.07. The van der Waals surface area contributed by atoms with Gasteiger partial charge in [-0.1, -0.05) is 12.1 Å². The second-order valence-electron chi connectivity index (χ2n) is 5.81. The molecule has 3 rings (SSSR count). The summed E-state index contributed by atoms with van der Waals surface area (Å²) in [6.07, 6.45) is 1.15. The lowest BCUT2D eigenvalue weighted by atomic mass is 10.00. The number of hydrogen-bond acceptors (Lipinski definition) is 2. The second kappa shape index (κ2) is 6.24. The predicted octanol–water partition coefficient (Wildman–Crippen LogP) is 3.55. The van der Waals surface area contributed by atoms with Gasteiger partial charge in [0.15, 0.2) is 0 Å². The van der Waals surface area contributed by atoms with Crippen LogP contribution in [0, 0.1) is 6.92 Å². The van der Waals surface area contributed by atoms with Crippen molar-refractivity contribution in [3.8, 4) is 0 Å². The molecule has 2 amide bonds. The van der Waals surface area contributed by atoms with Crippen LogP contribution in [-0.2, 0) is 11.2 Å². The number of nitrogens with zero attached hydrogens (tertiary/aromatic N) is 1. The van der Waals surface area contributed by atoms with E-state index in [9.17, 15) is 9.59 Å². The molecule has 1 N–H and O–H groups in total. The molecule has 1 aliphatic heterocycles. The highest BCUT2D eigenvalue weighted by atomic mass is 16.2. The number of hydrogen-bond donors (Lipinski definition) is 1. The Hall–Kier alpha value is -2.62. The van der Waals surface area contributed by atoms with Crippen LogP contribution in [0.1, 0.15) is 34.8 Å². The number of rotatable bonds is 3. The highest BCUT2D eigenvalue weighted by Crippen LogP contribution is 2.25. The Balaban J connectivity index is 1.91. The molecule has 4 nitrogen and oxygen atoms in total. The van der Waals surface area contributed by atoms with Crippen molar-refractivity contribution in [3.05, 3.63) is 59.2 Å². The van der Waals surface area contributed by atoms with Crippen LogP contribution in [0.2, 0.25) is 0 Å². The molecule has 2 aromatic carbocycles. The molecular weight excluding hydrogens is 288 g/mol. The standard InChI is InChI=1S/C19H20N2O2/c1-3-21(16-6-4-5-13(2)11-16)19(23)15-7-9-17-14(12-15)8-10-18(22)20-17/h4-7,9,11-12H,3,8,10H2,1-2H3,(H,20,22). The number of anilines is 2. The maximum absolute atomic E-state index is 12.9. The van der Waals surface area contributed by atoms with Gasteiger partial charge in [0, 0.05) is 29.9 Å². The molecule has 0 saturated carbocycles. The third-order valence-corrected chi connectivity index (χ3v) is 4.12. The van der Waals surface area contributed by atoms with Gasteiger partial charge in [0.2, 0.25) is 5.91 Å².